The molecule has 0 unspecified atom stereocenters. The molecule has 1 heterocycles. The average molecular weight is 198 g/mol. The number of nitrogens with zero attached hydrogens (tertiary/aromatic N) is 1. The van der Waals surface area contributed by atoms with Gasteiger partial charge < -0.3 is 10.2 Å². The molecule has 3 heteroatoms. The second-order valence-electron chi connectivity index (χ2n) is 4.37. The van der Waals surface area contributed by atoms with Crippen molar-refractivity contribution in [3.05, 3.63) is 0 Å². The largest absolute Gasteiger partial charge is 0.354 e. The lowest BCUT2D eigenvalue weighted by Crippen LogP contribution is -2.42. The van der Waals surface area contributed by atoms with E-state index in [2.05, 4.69) is 17.1 Å². The fourth-order valence-electron chi connectivity index (χ4n) is 1.91. The summed E-state index contributed by atoms with van der Waals surface area (Å²) in [6.45, 7) is 9.46. The van der Waals surface area contributed by atoms with Crippen LogP contribution in [0.2, 0.25) is 0 Å². The molecule has 0 aliphatic carbocycles. The van der Waals surface area contributed by atoms with Crippen LogP contribution >= 0.6 is 0 Å². The second kappa shape index (κ2) is 5.35. The van der Waals surface area contributed by atoms with Gasteiger partial charge in [-0.15, -0.1) is 0 Å². The lowest BCUT2D eigenvalue weighted by molar-refractivity contribution is -0.126. The summed E-state index contributed by atoms with van der Waals surface area (Å²) in [5, 5.41) is 2.99. The van der Waals surface area contributed by atoms with Crippen molar-refractivity contribution in [2.75, 3.05) is 19.6 Å². The maximum Gasteiger partial charge on any atom is 0.223 e. The number of nitrogens with one attached hydrogen (secondary N) is 1. The number of likely N-dealkylation sites (tertiary alicyclic amines) is 1. The van der Waals surface area contributed by atoms with Crippen LogP contribution in [0.1, 0.15) is 33.6 Å². The van der Waals surface area contributed by atoms with Crippen molar-refractivity contribution in [1.82, 2.24) is 10.2 Å². The van der Waals surface area contributed by atoms with Crippen molar-refractivity contribution in [2.24, 2.45) is 5.92 Å². The normalized spacial score (nSPS) is 20.0. The number of hydrogen-bond acceptors (Lipinski definition) is 2. The zero-order chi connectivity index (χ0) is 10.6. The Hall–Kier alpha value is -0.570. The Morgan fingerprint density at radius 2 is 2.00 bits per heavy atom. The minimum Gasteiger partial charge on any atom is -0.354 e. The van der Waals surface area contributed by atoms with E-state index in [4.69, 9.17) is 0 Å². The predicted molar refractivity (Wildman–Crippen MR) is 58.1 cm³/mol. The standard InChI is InChI=1S/C11H22N2O/c1-4-13-7-5-10(6-8-13)11(14)12-9(2)3/h9-10H,4-8H2,1-3H3,(H,12,14). The highest BCUT2D eigenvalue weighted by Crippen LogP contribution is 2.16. The van der Waals surface area contributed by atoms with Crippen LogP contribution in [0, 0.1) is 5.92 Å². The van der Waals surface area contributed by atoms with E-state index in [1.807, 2.05) is 13.8 Å². The van der Waals surface area contributed by atoms with Crippen LogP contribution in [0.5, 0.6) is 0 Å². The molecule has 0 bridgehead atoms. The van der Waals surface area contributed by atoms with Crippen LogP contribution in [0.25, 0.3) is 0 Å². The van der Waals surface area contributed by atoms with Crippen molar-refractivity contribution < 1.29 is 4.79 Å². The van der Waals surface area contributed by atoms with Crippen molar-refractivity contribution in [2.45, 2.75) is 39.7 Å². The maximum absolute atomic E-state index is 11.7. The molecule has 1 rings (SSSR count). The topological polar surface area (TPSA) is 32.3 Å². The summed E-state index contributed by atoms with van der Waals surface area (Å²) in [6.07, 6.45) is 2.04. The third kappa shape index (κ3) is 3.29. The summed E-state index contributed by atoms with van der Waals surface area (Å²) >= 11 is 0. The van der Waals surface area contributed by atoms with E-state index in [0.29, 0.717) is 0 Å². The molecule has 1 aliphatic rings. The fraction of sp³-hybridized carbons (Fsp3) is 0.909. The molecule has 0 saturated carbocycles. The Morgan fingerprint density at radius 3 is 2.43 bits per heavy atom. The molecule has 0 aromatic carbocycles. The zero-order valence-corrected chi connectivity index (χ0v) is 9.55. The highest BCUT2D eigenvalue weighted by Gasteiger charge is 2.24. The van der Waals surface area contributed by atoms with E-state index in [0.717, 1.165) is 32.5 Å². The smallest absolute Gasteiger partial charge is 0.223 e. The first-order valence-electron chi connectivity index (χ1n) is 5.66. The highest BCUT2D eigenvalue weighted by atomic mass is 16.1. The summed E-state index contributed by atoms with van der Waals surface area (Å²) in [5.41, 5.74) is 0. The van der Waals surface area contributed by atoms with E-state index in [9.17, 15) is 4.79 Å². The summed E-state index contributed by atoms with van der Waals surface area (Å²) in [5.74, 6) is 0.496. The van der Waals surface area contributed by atoms with Crippen LogP contribution in [0.3, 0.4) is 0 Å². The molecule has 1 N–H and O–H groups in total. The van der Waals surface area contributed by atoms with Crippen molar-refractivity contribution in [3.63, 3.8) is 0 Å². The lowest BCUT2D eigenvalue weighted by Gasteiger charge is -2.30. The quantitative estimate of drug-likeness (QED) is 0.740. The van der Waals surface area contributed by atoms with Crippen molar-refractivity contribution in [3.8, 4) is 0 Å². The molecule has 1 aliphatic heterocycles. The minimum absolute atomic E-state index is 0.246. The number of rotatable bonds is 3. The Balaban J connectivity index is 2.30. The third-order valence-corrected chi connectivity index (χ3v) is 2.84. The van der Waals surface area contributed by atoms with E-state index in [-0.39, 0.29) is 17.9 Å². The molecule has 3 nitrogen and oxygen atoms in total. The van der Waals surface area contributed by atoms with E-state index in [1.165, 1.54) is 0 Å². The summed E-state index contributed by atoms with van der Waals surface area (Å²) < 4.78 is 0. The van der Waals surface area contributed by atoms with Gasteiger partial charge >= 0.3 is 0 Å². The molecular formula is C11H22N2O. The van der Waals surface area contributed by atoms with Gasteiger partial charge in [-0.1, -0.05) is 6.92 Å². The molecule has 14 heavy (non-hydrogen) atoms. The fourth-order valence-corrected chi connectivity index (χ4v) is 1.91. The minimum atomic E-state index is 0.246. The molecule has 1 amide bonds. The summed E-state index contributed by atoms with van der Waals surface area (Å²) in [6, 6.07) is 0.270. The molecule has 0 atom stereocenters. The van der Waals surface area contributed by atoms with E-state index >= 15 is 0 Å². The molecule has 0 spiro atoms. The van der Waals surface area contributed by atoms with Gasteiger partial charge in [0.15, 0.2) is 0 Å². The molecule has 82 valence electrons. The maximum atomic E-state index is 11.7. The van der Waals surface area contributed by atoms with Crippen LogP contribution < -0.4 is 5.32 Å². The Bertz CT molecular complexity index is 184. The first kappa shape index (κ1) is 11.5. The number of piperidine rings is 1. The van der Waals surface area contributed by atoms with Gasteiger partial charge in [0.2, 0.25) is 5.91 Å². The van der Waals surface area contributed by atoms with E-state index < -0.39 is 0 Å². The SMILES string of the molecule is CCN1CCC(C(=O)NC(C)C)CC1. The van der Waals surface area contributed by atoms with Gasteiger partial charge in [-0.25, -0.2) is 0 Å². The van der Waals surface area contributed by atoms with Gasteiger partial charge in [-0.3, -0.25) is 4.79 Å². The van der Waals surface area contributed by atoms with Gasteiger partial charge in [-0.2, -0.15) is 0 Å². The summed E-state index contributed by atoms with van der Waals surface area (Å²) in [7, 11) is 0. The number of carbonyl (C=O) groups excluding carboxylic acids is 1. The molecule has 1 fully saturated rings. The molecule has 1 saturated heterocycles. The first-order chi connectivity index (χ1) is 6.63. The molecular weight excluding hydrogens is 176 g/mol. The highest BCUT2D eigenvalue weighted by molar-refractivity contribution is 5.78. The first-order valence-corrected chi connectivity index (χ1v) is 5.66. The number of hydrogen-bond donors (Lipinski definition) is 1. The van der Waals surface area contributed by atoms with Crippen LogP contribution in [0.15, 0.2) is 0 Å². The Morgan fingerprint density at radius 1 is 1.43 bits per heavy atom. The van der Waals surface area contributed by atoms with Crippen LogP contribution in [-0.4, -0.2) is 36.5 Å². The predicted octanol–water partition coefficient (Wildman–Crippen LogP) is 1.24. The molecule has 0 aromatic heterocycles. The Labute approximate surface area is 86.9 Å². The Kier molecular flexibility index (Phi) is 4.39. The molecule has 0 aromatic rings. The second-order valence-corrected chi connectivity index (χ2v) is 4.37. The van der Waals surface area contributed by atoms with Gasteiger partial charge in [0.05, 0.1) is 0 Å². The number of amides is 1. The van der Waals surface area contributed by atoms with Gasteiger partial charge in [0, 0.05) is 12.0 Å². The van der Waals surface area contributed by atoms with Crippen molar-refractivity contribution in [1.29, 1.82) is 0 Å². The summed E-state index contributed by atoms with van der Waals surface area (Å²) in [4.78, 5) is 14.1. The monoisotopic (exact) mass is 198 g/mol. The van der Waals surface area contributed by atoms with Gasteiger partial charge in [0.1, 0.15) is 0 Å². The zero-order valence-electron chi connectivity index (χ0n) is 9.55. The van der Waals surface area contributed by atoms with Crippen LogP contribution in [0.4, 0.5) is 0 Å². The van der Waals surface area contributed by atoms with Crippen LogP contribution in [-0.2, 0) is 4.79 Å². The number of carbonyl (C=O) groups is 1. The van der Waals surface area contributed by atoms with E-state index in [1.54, 1.807) is 0 Å². The van der Waals surface area contributed by atoms with Gasteiger partial charge in [0.25, 0.3) is 0 Å². The lowest BCUT2D eigenvalue weighted by atomic mass is 9.96. The van der Waals surface area contributed by atoms with Crippen molar-refractivity contribution >= 4 is 5.91 Å². The average Bonchev–Trinajstić information content (AvgIpc) is 2.17. The third-order valence-electron chi connectivity index (χ3n) is 2.84. The molecule has 0 radical (unpaired) electrons. The van der Waals surface area contributed by atoms with Gasteiger partial charge in [-0.05, 0) is 46.3 Å².